The normalized spacial score (nSPS) is 13.8. The molecule has 1 N–H and O–H groups in total. The number of rotatable bonds is 6. The maximum atomic E-state index is 12.4. The summed E-state index contributed by atoms with van der Waals surface area (Å²) in [6, 6.07) is 16.2. The number of carbonyl (C=O) groups excluding carboxylic acids is 1. The van der Waals surface area contributed by atoms with Crippen LogP contribution in [0.1, 0.15) is 24.5 Å². The lowest BCUT2D eigenvalue weighted by molar-refractivity contribution is 0.171. The second-order valence-electron chi connectivity index (χ2n) is 6.71. The fourth-order valence-corrected chi connectivity index (χ4v) is 2.95. The molecular formula is C21H26N2O3. The van der Waals surface area contributed by atoms with E-state index in [1.165, 1.54) is 5.56 Å². The Morgan fingerprint density at radius 3 is 2.58 bits per heavy atom. The van der Waals surface area contributed by atoms with Crippen LogP contribution in [0.2, 0.25) is 0 Å². The summed E-state index contributed by atoms with van der Waals surface area (Å²) in [5.74, 6) is 1.51. The zero-order chi connectivity index (χ0) is 18.4. The molecule has 0 bridgehead atoms. The molecule has 5 heteroatoms. The predicted octanol–water partition coefficient (Wildman–Crippen LogP) is 3.62. The standard InChI is InChI=1S/C21H26N2O3/c1-16(8-9-17-6-4-3-5-7-17)22-21(24)23(2)15-18-10-11-19-20(14-18)26-13-12-25-19/h3-7,10-11,14,16H,8-9,12-13,15H2,1-2H3,(H,22,24). The van der Waals surface area contributed by atoms with Crippen molar-refractivity contribution in [2.24, 2.45) is 0 Å². The number of hydrogen-bond donors (Lipinski definition) is 1. The molecule has 2 amide bonds. The third kappa shape index (κ3) is 4.91. The Morgan fingerprint density at radius 2 is 1.81 bits per heavy atom. The van der Waals surface area contributed by atoms with Crippen molar-refractivity contribution >= 4 is 6.03 Å². The highest BCUT2D eigenvalue weighted by molar-refractivity contribution is 5.74. The summed E-state index contributed by atoms with van der Waals surface area (Å²) in [6.07, 6.45) is 1.86. The number of carbonyl (C=O) groups is 1. The van der Waals surface area contributed by atoms with E-state index in [1.54, 1.807) is 11.9 Å². The van der Waals surface area contributed by atoms with Crippen molar-refractivity contribution < 1.29 is 14.3 Å². The maximum Gasteiger partial charge on any atom is 0.317 e. The van der Waals surface area contributed by atoms with Crippen LogP contribution in [0.15, 0.2) is 48.5 Å². The van der Waals surface area contributed by atoms with Crippen molar-refractivity contribution in [3.8, 4) is 11.5 Å². The van der Waals surface area contributed by atoms with E-state index in [4.69, 9.17) is 9.47 Å². The lowest BCUT2D eigenvalue weighted by Gasteiger charge is -2.23. The Morgan fingerprint density at radius 1 is 1.08 bits per heavy atom. The van der Waals surface area contributed by atoms with Gasteiger partial charge in [0.05, 0.1) is 0 Å². The summed E-state index contributed by atoms with van der Waals surface area (Å²) in [6.45, 7) is 3.70. The van der Waals surface area contributed by atoms with Gasteiger partial charge in [-0.1, -0.05) is 36.4 Å². The quantitative estimate of drug-likeness (QED) is 0.862. The molecular weight excluding hydrogens is 328 g/mol. The molecule has 2 aromatic rings. The third-order valence-electron chi connectivity index (χ3n) is 4.45. The Bertz CT molecular complexity index is 733. The number of benzene rings is 2. The first-order chi connectivity index (χ1) is 12.6. The van der Waals surface area contributed by atoms with Gasteiger partial charge >= 0.3 is 6.03 Å². The fourth-order valence-electron chi connectivity index (χ4n) is 2.95. The van der Waals surface area contributed by atoms with Crippen LogP contribution >= 0.6 is 0 Å². The van der Waals surface area contributed by atoms with Crippen LogP contribution < -0.4 is 14.8 Å². The van der Waals surface area contributed by atoms with Gasteiger partial charge in [0, 0.05) is 19.6 Å². The van der Waals surface area contributed by atoms with E-state index >= 15 is 0 Å². The average Bonchev–Trinajstić information content (AvgIpc) is 2.67. The lowest BCUT2D eigenvalue weighted by Crippen LogP contribution is -2.41. The molecule has 0 saturated heterocycles. The van der Waals surface area contributed by atoms with Crippen molar-refractivity contribution in [3.05, 3.63) is 59.7 Å². The number of amides is 2. The first-order valence-corrected chi connectivity index (χ1v) is 9.06. The second-order valence-corrected chi connectivity index (χ2v) is 6.71. The maximum absolute atomic E-state index is 12.4. The monoisotopic (exact) mass is 354 g/mol. The van der Waals surface area contributed by atoms with Crippen LogP contribution in [0.3, 0.4) is 0 Å². The SMILES string of the molecule is CC(CCc1ccccc1)NC(=O)N(C)Cc1ccc2c(c1)OCCO2. The molecule has 2 aromatic carbocycles. The highest BCUT2D eigenvalue weighted by Crippen LogP contribution is 2.31. The Labute approximate surface area is 154 Å². The number of hydrogen-bond acceptors (Lipinski definition) is 3. The van der Waals surface area contributed by atoms with Gasteiger partial charge in [0.25, 0.3) is 0 Å². The number of nitrogens with one attached hydrogen (secondary N) is 1. The molecule has 138 valence electrons. The molecule has 0 spiro atoms. The van der Waals surface area contributed by atoms with Gasteiger partial charge in [-0.3, -0.25) is 0 Å². The summed E-state index contributed by atoms with van der Waals surface area (Å²) in [5.41, 5.74) is 2.31. The van der Waals surface area contributed by atoms with E-state index < -0.39 is 0 Å². The van der Waals surface area contributed by atoms with Gasteiger partial charge in [0.2, 0.25) is 0 Å². The number of aryl methyl sites for hydroxylation is 1. The highest BCUT2D eigenvalue weighted by atomic mass is 16.6. The fraction of sp³-hybridized carbons (Fsp3) is 0.381. The lowest BCUT2D eigenvalue weighted by atomic mass is 10.1. The van der Waals surface area contributed by atoms with Crippen molar-refractivity contribution in [1.29, 1.82) is 0 Å². The number of fused-ring (bicyclic) bond motifs is 1. The smallest absolute Gasteiger partial charge is 0.317 e. The van der Waals surface area contributed by atoms with E-state index in [9.17, 15) is 4.79 Å². The van der Waals surface area contributed by atoms with Crippen LogP contribution in [0.5, 0.6) is 11.5 Å². The van der Waals surface area contributed by atoms with Gasteiger partial charge in [-0.05, 0) is 43.0 Å². The molecule has 3 rings (SSSR count). The zero-order valence-corrected chi connectivity index (χ0v) is 15.4. The van der Waals surface area contributed by atoms with Gasteiger partial charge < -0.3 is 19.7 Å². The van der Waals surface area contributed by atoms with Crippen molar-refractivity contribution in [2.45, 2.75) is 32.4 Å². The first-order valence-electron chi connectivity index (χ1n) is 9.06. The van der Waals surface area contributed by atoms with Crippen molar-refractivity contribution in [1.82, 2.24) is 10.2 Å². The zero-order valence-electron chi connectivity index (χ0n) is 15.4. The molecule has 0 radical (unpaired) electrons. The molecule has 1 heterocycles. The van der Waals surface area contributed by atoms with E-state index in [0.29, 0.717) is 19.8 Å². The van der Waals surface area contributed by atoms with E-state index in [-0.39, 0.29) is 12.1 Å². The van der Waals surface area contributed by atoms with E-state index in [2.05, 4.69) is 17.4 Å². The summed E-state index contributed by atoms with van der Waals surface area (Å²) < 4.78 is 11.1. The van der Waals surface area contributed by atoms with Crippen molar-refractivity contribution in [2.75, 3.05) is 20.3 Å². The molecule has 1 aliphatic rings. The Balaban J connectivity index is 1.48. The molecule has 1 aliphatic heterocycles. The van der Waals surface area contributed by atoms with Gasteiger partial charge in [-0.15, -0.1) is 0 Å². The summed E-state index contributed by atoms with van der Waals surface area (Å²) in [7, 11) is 1.80. The minimum Gasteiger partial charge on any atom is -0.486 e. The molecule has 0 aromatic heterocycles. The largest absolute Gasteiger partial charge is 0.486 e. The number of ether oxygens (including phenoxy) is 2. The topological polar surface area (TPSA) is 50.8 Å². The van der Waals surface area contributed by atoms with Crippen LogP contribution in [-0.2, 0) is 13.0 Å². The van der Waals surface area contributed by atoms with Crippen LogP contribution in [-0.4, -0.2) is 37.2 Å². The van der Waals surface area contributed by atoms with E-state index in [0.717, 1.165) is 29.9 Å². The molecule has 0 saturated carbocycles. The van der Waals surface area contributed by atoms with Gasteiger partial charge in [0.15, 0.2) is 11.5 Å². The van der Waals surface area contributed by atoms with Gasteiger partial charge in [-0.2, -0.15) is 0 Å². The highest BCUT2D eigenvalue weighted by Gasteiger charge is 2.15. The summed E-state index contributed by atoms with van der Waals surface area (Å²) in [4.78, 5) is 14.1. The Kier molecular flexibility index (Phi) is 6.00. The van der Waals surface area contributed by atoms with Crippen LogP contribution in [0.4, 0.5) is 4.79 Å². The molecule has 1 atom stereocenters. The minimum atomic E-state index is -0.0690. The van der Waals surface area contributed by atoms with Crippen LogP contribution in [0.25, 0.3) is 0 Å². The molecule has 26 heavy (non-hydrogen) atoms. The van der Waals surface area contributed by atoms with Crippen molar-refractivity contribution in [3.63, 3.8) is 0 Å². The molecule has 1 unspecified atom stereocenters. The van der Waals surface area contributed by atoms with E-state index in [1.807, 2.05) is 43.3 Å². The summed E-state index contributed by atoms with van der Waals surface area (Å²) >= 11 is 0. The van der Waals surface area contributed by atoms with Crippen LogP contribution in [0, 0.1) is 0 Å². The molecule has 0 aliphatic carbocycles. The third-order valence-corrected chi connectivity index (χ3v) is 4.45. The summed E-state index contributed by atoms with van der Waals surface area (Å²) in [5, 5.41) is 3.06. The van der Waals surface area contributed by atoms with Gasteiger partial charge in [0.1, 0.15) is 13.2 Å². The average molecular weight is 354 g/mol. The molecule has 0 fully saturated rings. The number of urea groups is 1. The first kappa shape index (κ1) is 18.1. The Hall–Kier alpha value is -2.69. The molecule has 5 nitrogen and oxygen atoms in total. The number of nitrogens with zero attached hydrogens (tertiary/aromatic N) is 1. The minimum absolute atomic E-state index is 0.0690. The van der Waals surface area contributed by atoms with Gasteiger partial charge in [-0.25, -0.2) is 4.79 Å². The second kappa shape index (κ2) is 8.61. The predicted molar refractivity (Wildman–Crippen MR) is 102 cm³/mol.